The standard InChI is InChI=1S/C37H34ClF3N2O/c1-36(29-15-5-2-6-16-29,30-17-7-3-8-18-30)43(27-28-14-11-23-34(35(28)38)37(39,40)41)24-13-25-44-33-22-12-21-32(26-33)42-31-19-9-4-10-20-31/h2-12,14-23,26,42H,13,24-25,27H2,1H3. The quantitative estimate of drug-likeness (QED) is 0.142. The molecular weight excluding hydrogens is 581 g/mol. The fourth-order valence-electron chi connectivity index (χ4n) is 5.44. The van der Waals surface area contributed by atoms with E-state index in [-0.39, 0.29) is 11.6 Å². The van der Waals surface area contributed by atoms with E-state index in [1.54, 1.807) is 6.07 Å². The Morgan fingerprint density at radius 3 is 1.89 bits per heavy atom. The van der Waals surface area contributed by atoms with Crippen molar-refractivity contribution in [2.24, 2.45) is 0 Å². The molecule has 0 aliphatic carbocycles. The number of nitrogens with zero attached hydrogens (tertiary/aromatic N) is 1. The van der Waals surface area contributed by atoms with Crippen molar-refractivity contribution in [1.29, 1.82) is 0 Å². The van der Waals surface area contributed by atoms with Crippen molar-refractivity contribution >= 4 is 23.0 Å². The average molecular weight is 615 g/mol. The third-order valence-electron chi connectivity index (χ3n) is 7.79. The van der Waals surface area contributed by atoms with Crippen LogP contribution in [0, 0.1) is 0 Å². The Kier molecular flexibility index (Phi) is 9.93. The van der Waals surface area contributed by atoms with Crippen molar-refractivity contribution < 1.29 is 17.9 Å². The van der Waals surface area contributed by atoms with E-state index in [1.165, 1.54) is 6.07 Å². The Morgan fingerprint density at radius 1 is 0.705 bits per heavy atom. The van der Waals surface area contributed by atoms with Crippen molar-refractivity contribution in [1.82, 2.24) is 4.90 Å². The molecule has 5 aromatic carbocycles. The number of benzene rings is 5. The Morgan fingerprint density at radius 2 is 1.27 bits per heavy atom. The highest BCUT2D eigenvalue weighted by Crippen LogP contribution is 2.40. The minimum Gasteiger partial charge on any atom is -0.493 e. The molecular formula is C37H34ClF3N2O. The molecule has 5 aromatic rings. The Hall–Kier alpha value is -4.26. The van der Waals surface area contributed by atoms with Crippen LogP contribution in [0.5, 0.6) is 5.75 Å². The molecule has 0 atom stereocenters. The van der Waals surface area contributed by atoms with E-state index in [0.717, 1.165) is 34.3 Å². The summed E-state index contributed by atoms with van der Waals surface area (Å²) in [5.74, 6) is 0.729. The number of nitrogens with one attached hydrogen (secondary N) is 1. The molecule has 0 aromatic heterocycles. The minimum absolute atomic E-state index is 0.208. The SMILES string of the molecule is CC(c1ccccc1)(c1ccccc1)N(CCCOc1cccc(Nc2ccccc2)c1)Cc1cccc(C(F)(F)F)c1Cl. The molecule has 0 aliphatic rings. The maximum Gasteiger partial charge on any atom is 0.417 e. The van der Waals surface area contributed by atoms with Crippen molar-refractivity contribution in [3.8, 4) is 5.75 Å². The van der Waals surface area contributed by atoms with E-state index in [1.807, 2.05) is 91.0 Å². The first-order chi connectivity index (χ1) is 21.2. The molecule has 5 rings (SSSR count). The summed E-state index contributed by atoms with van der Waals surface area (Å²) in [4.78, 5) is 2.19. The normalized spacial score (nSPS) is 11.9. The number of alkyl halides is 3. The van der Waals surface area contributed by atoms with Gasteiger partial charge in [0, 0.05) is 30.5 Å². The maximum absolute atomic E-state index is 13.8. The second kappa shape index (κ2) is 14.0. The molecule has 0 spiro atoms. The van der Waals surface area contributed by atoms with Crippen LogP contribution in [0.25, 0.3) is 0 Å². The van der Waals surface area contributed by atoms with Crippen LogP contribution in [0.2, 0.25) is 5.02 Å². The highest BCUT2D eigenvalue weighted by molar-refractivity contribution is 6.32. The molecule has 226 valence electrons. The zero-order valence-electron chi connectivity index (χ0n) is 24.4. The van der Waals surface area contributed by atoms with Gasteiger partial charge < -0.3 is 10.1 Å². The highest BCUT2D eigenvalue weighted by Gasteiger charge is 2.37. The molecule has 0 unspecified atom stereocenters. The predicted octanol–water partition coefficient (Wildman–Crippen LogP) is 10.3. The van der Waals surface area contributed by atoms with Crippen molar-refractivity contribution in [2.75, 3.05) is 18.5 Å². The van der Waals surface area contributed by atoms with Crippen molar-refractivity contribution in [3.05, 3.63) is 161 Å². The van der Waals surface area contributed by atoms with E-state index in [4.69, 9.17) is 16.3 Å². The van der Waals surface area contributed by atoms with Gasteiger partial charge in [-0.1, -0.05) is 109 Å². The monoisotopic (exact) mass is 614 g/mol. The average Bonchev–Trinajstić information content (AvgIpc) is 3.04. The summed E-state index contributed by atoms with van der Waals surface area (Å²) >= 11 is 6.42. The Labute approximate surface area is 261 Å². The van der Waals surface area contributed by atoms with Crippen LogP contribution in [0.4, 0.5) is 24.5 Å². The molecule has 1 N–H and O–H groups in total. The van der Waals surface area contributed by atoms with E-state index >= 15 is 0 Å². The fourth-order valence-corrected chi connectivity index (χ4v) is 5.73. The van der Waals surface area contributed by atoms with Gasteiger partial charge in [0.25, 0.3) is 0 Å². The molecule has 0 radical (unpaired) electrons. The van der Waals surface area contributed by atoms with E-state index in [2.05, 4.69) is 41.4 Å². The number of rotatable bonds is 12. The molecule has 7 heteroatoms. The topological polar surface area (TPSA) is 24.5 Å². The zero-order chi connectivity index (χ0) is 31.0. The van der Waals surface area contributed by atoms with Crippen LogP contribution in [0.15, 0.2) is 133 Å². The van der Waals surface area contributed by atoms with Crippen LogP contribution in [0.3, 0.4) is 0 Å². The number of hydrogen-bond acceptors (Lipinski definition) is 3. The lowest BCUT2D eigenvalue weighted by Crippen LogP contribution is -2.45. The molecule has 0 heterocycles. The lowest BCUT2D eigenvalue weighted by atomic mass is 9.82. The number of para-hydroxylation sites is 1. The summed E-state index contributed by atoms with van der Waals surface area (Å²) < 4.78 is 47.5. The molecule has 0 fully saturated rings. The summed E-state index contributed by atoms with van der Waals surface area (Å²) in [5.41, 5.74) is 2.86. The lowest BCUT2D eigenvalue weighted by molar-refractivity contribution is -0.137. The summed E-state index contributed by atoms with van der Waals surface area (Å²) in [6, 6.07) is 41.8. The zero-order valence-corrected chi connectivity index (χ0v) is 25.2. The first kappa shape index (κ1) is 31.2. The molecule has 0 bridgehead atoms. The first-order valence-electron chi connectivity index (χ1n) is 14.5. The Balaban J connectivity index is 1.40. The first-order valence-corrected chi connectivity index (χ1v) is 14.9. The number of anilines is 2. The van der Waals surface area contributed by atoms with Gasteiger partial charge in [0.2, 0.25) is 0 Å². The van der Waals surface area contributed by atoms with E-state index in [0.29, 0.717) is 25.1 Å². The largest absolute Gasteiger partial charge is 0.493 e. The second-order valence-electron chi connectivity index (χ2n) is 10.7. The smallest absolute Gasteiger partial charge is 0.417 e. The van der Waals surface area contributed by atoms with E-state index in [9.17, 15) is 13.2 Å². The number of halogens is 4. The lowest BCUT2D eigenvalue weighted by Gasteiger charge is -2.43. The number of ether oxygens (including phenoxy) is 1. The van der Waals surface area contributed by atoms with Gasteiger partial charge in [0.15, 0.2) is 0 Å². The van der Waals surface area contributed by atoms with Crippen LogP contribution in [-0.2, 0) is 18.3 Å². The highest BCUT2D eigenvalue weighted by atomic mass is 35.5. The van der Waals surface area contributed by atoms with Gasteiger partial charge in [-0.05, 0) is 60.4 Å². The summed E-state index contributed by atoms with van der Waals surface area (Å²) in [5, 5.41) is 3.11. The van der Waals surface area contributed by atoms with Crippen LogP contribution >= 0.6 is 11.6 Å². The molecule has 0 saturated carbocycles. The van der Waals surface area contributed by atoms with Gasteiger partial charge in [-0.3, -0.25) is 4.90 Å². The van der Waals surface area contributed by atoms with Crippen molar-refractivity contribution in [3.63, 3.8) is 0 Å². The van der Waals surface area contributed by atoms with Gasteiger partial charge in [-0.25, -0.2) is 0 Å². The van der Waals surface area contributed by atoms with E-state index < -0.39 is 17.3 Å². The number of hydrogen-bond donors (Lipinski definition) is 1. The van der Waals surface area contributed by atoms with Gasteiger partial charge in [0.05, 0.1) is 22.7 Å². The third kappa shape index (κ3) is 7.44. The summed E-state index contributed by atoms with van der Waals surface area (Å²) in [7, 11) is 0. The molecule has 0 saturated heterocycles. The van der Waals surface area contributed by atoms with Crippen LogP contribution in [-0.4, -0.2) is 18.1 Å². The summed E-state index contributed by atoms with van der Waals surface area (Å²) in [6.45, 7) is 3.27. The molecule has 0 amide bonds. The fraction of sp³-hybridized carbons (Fsp3) is 0.189. The molecule has 44 heavy (non-hydrogen) atoms. The molecule has 0 aliphatic heterocycles. The molecule has 3 nitrogen and oxygen atoms in total. The van der Waals surface area contributed by atoms with Gasteiger partial charge in [-0.15, -0.1) is 0 Å². The second-order valence-corrected chi connectivity index (χ2v) is 11.1. The third-order valence-corrected chi connectivity index (χ3v) is 8.23. The predicted molar refractivity (Wildman–Crippen MR) is 172 cm³/mol. The van der Waals surface area contributed by atoms with Gasteiger partial charge >= 0.3 is 6.18 Å². The van der Waals surface area contributed by atoms with Crippen LogP contribution < -0.4 is 10.1 Å². The van der Waals surface area contributed by atoms with Crippen molar-refractivity contribution in [2.45, 2.75) is 31.6 Å². The van der Waals surface area contributed by atoms with Gasteiger partial charge in [0.1, 0.15) is 5.75 Å². The summed E-state index contributed by atoms with van der Waals surface area (Å²) in [6.07, 6.45) is -3.92. The van der Waals surface area contributed by atoms with Gasteiger partial charge in [-0.2, -0.15) is 13.2 Å². The maximum atomic E-state index is 13.8. The van der Waals surface area contributed by atoms with Crippen LogP contribution in [0.1, 0.15) is 35.6 Å². The minimum atomic E-state index is -4.54. The Bertz CT molecular complexity index is 1590.